The van der Waals surface area contributed by atoms with Gasteiger partial charge < -0.3 is 0 Å². The smallest absolute Gasteiger partial charge is 0.265 e. The fourth-order valence-corrected chi connectivity index (χ4v) is 2.35. The minimum atomic E-state index is -0.439. The molecule has 2 heterocycles. The van der Waals surface area contributed by atoms with Crippen molar-refractivity contribution < 1.29 is 22.7 Å². The maximum Gasteiger partial charge on any atom is 0.341 e. The molecule has 0 radical (unpaired) electrons. The predicted octanol–water partition coefficient (Wildman–Crippen LogP) is 2.36. The van der Waals surface area contributed by atoms with Crippen molar-refractivity contribution in [3.63, 3.8) is 0 Å². The van der Waals surface area contributed by atoms with E-state index in [0.29, 0.717) is 24.0 Å². The van der Waals surface area contributed by atoms with E-state index in [2.05, 4.69) is 42.2 Å². The summed E-state index contributed by atoms with van der Waals surface area (Å²) in [7, 11) is 0. The number of aromatic nitrogens is 2. The van der Waals surface area contributed by atoms with Gasteiger partial charge in [-0.05, 0) is 29.3 Å². The molecule has 0 aliphatic rings. The molecule has 3 rings (SSSR count). The van der Waals surface area contributed by atoms with E-state index in [1.165, 1.54) is 6.07 Å². The minimum absolute atomic E-state index is 0.0332. The number of rotatable bonds is 3. The fraction of sp³-hybridized carbons (Fsp3) is 0. The second-order valence-electron chi connectivity index (χ2n) is 4.67. The molecule has 2 aromatic heterocycles. The Kier molecular flexibility index (Phi) is 8.72. The van der Waals surface area contributed by atoms with Crippen LogP contribution in [0.5, 0.6) is 0 Å². The van der Waals surface area contributed by atoms with E-state index < -0.39 is 4.92 Å². The van der Waals surface area contributed by atoms with Gasteiger partial charge >= 0.3 is 56.2 Å². The standard InChI is InChI=1S/C16H11ClN3O2.I3/c17-14-1-2-15(16(11-14)20(21)22)19-9-5-13(6-10-19)12-3-7-18-8-4-12;1-3-2/h1-11H;/q+1;-1. The van der Waals surface area contributed by atoms with E-state index in [1.54, 1.807) is 41.5 Å². The van der Waals surface area contributed by atoms with Crippen LogP contribution < -0.4 is 17.8 Å². The zero-order valence-corrected chi connectivity index (χ0v) is 19.7. The van der Waals surface area contributed by atoms with Crippen molar-refractivity contribution in [2.45, 2.75) is 0 Å². The second kappa shape index (κ2) is 10.5. The summed E-state index contributed by atoms with van der Waals surface area (Å²) in [4.78, 5) is 14.7. The van der Waals surface area contributed by atoms with Crippen molar-refractivity contribution in [1.29, 1.82) is 0 Å². The Hall–Kier alpha value is -0.600. The van der Waals surface area contributed by atoms with Crippen molar-refractivity contribution in [3.8, 4) is 16.8 Å². The average molecular weight is 693 g/mol. The van der Waals surface area contributed by atoms with Crippen LogP contribution >= 0.6 is 48.8 Å². The van der Waals surface area contributed by atoms with Crippen LogP contribution in [0.1, 0.15) is 0 Å². The maximum atomic E-state index is 11.2. The van der Waals surface area contributed by atoms with Gasteiger partial charge in [0, 0.05) is 41.7 Å². The summed E-state index contributed by atoms with van der Waals surface area (Å²) in [5.41, 5.74) is 2.48. The van der Waals surface area contributed by atoms with Gasteiger partial charge in [-0.1, -0.05) is 11.6 Å². The van der Waals surface area contributed by atoms with Gasteiger partial charge in [-0.15, -0.1) is 0 Å². The number of nitro groups is 1. The first-order valence-electron chi connectivity index (χ1n) is 6.80. The van der Waals surface area contributed by atoms with Crippen LogP contribution in [0.15, 0.2) is 67.3 Å². The SMILES string of the molecule is I[I-]I.O=[N+]([O-])c1cc(Cl)ccc1-[n+]1ccc(-c2ccncc2)cc1. The van der Waals surface area contributed by atoms with Crippen molar-refractivity contribution in [2.75, 3.05) is 0 Å². The van der Waals surface area contributed by atoms with Crippen LogP contribution in [0.25, 0.3) is 16.8 Å². The molecular formula is C16H11ClI3N3O2. The molecule has 0 aliphatic carbocycles. The number of nitrogens with zero attached hydrogens (tertiary/aromatic N) is 3. The molecule has 0 aliphatic heterocycles. The Bertz CT molecular complexity index is 849. The van der Waals surface area contributed by atoms with Gasteiger partial charge in [-0.25, -0.2) is 0 Å². The molecule has 9 heteroatoms. The molecule has 25 heavy (non-hydrogen) atoms. The number of pyridine rings is 2. The van der Waals surface area contributed by atoms with E-state index in [0.717, 1.165) is 11.1 Å². The molecule has 0 saturated carbocycles. The summed E-state index contributed by atoms with van der Waals surface area (Å²) >= 11 is 11.1. The molecule has 0 N–H and O–H groups in total. The van der Waals surface area contributed by atoms with Gasteiger partial charge in [0.05, 0.1) is 4.92 Å². The third kappa shape index (κ3) is 5.96. The van der Waals surface area contributed by atoms with Gasteiger partial charge in [0.15, 0.2) is 12.4 Å². The molecular weight excluding hydrogens is 682 g/mol. The van der Waals surface area contributed by atoms with E-state index in [1.807, 2.05) is 24.3 Å². The number of halogens is 4. The van der Waals surface area contributed by atoms with Gasteiger partial charge in [-0.3, -0.25) is 15.1 Å². The van der Waals surface area contributed by atoms with Crippen molar-refractivity contribution in [2.24, 2.45) is 0 Å². The first-order valence-corrected chi connectivity index (χ1v) is 19.7. The van der Waals surface area contributed by atoms with E-state index >= 15 is 0 Å². The third-order valence-electron chi connectivity index (χ3n) is 3.26. The largest absolute Gasteiger partial charge is 0.341 e. The zero-order chi connectivity index (χ0) is 18.2. The number of nitro benzene ring substituents is 1. The fourth-order valence-electron chi connectivity index (χ4n) is 2.19. The molecule has 0 fully saturated rings. The van der Waals surface area contributed by atoms with Crippen LogP contribution in [0.2, 0.25) is 5.02 Å². The van der Waals surface area contributed by atoms with Crippen LogP contribution in [0.3, 0.4) is 0 Å². The Morgan fingerprint density at radius 3 is 2.16 bits per heavy atom. The predicted molar refractivity (Wildman–Crippen MR) is 111 cm³/mol. The topological polar surface area (TPSA) is 59.9 Å². The first-order chi connectivity index (χ1) is 12.1. The van der Waals surface area contributed by atoms with Gasteiger partial charge in [0.25, 0.3) is 5.69 Å². The molecule has 0 bridgehead atoms. The Labute approximate surface area is 179 Å². The van der Waals surface area contributed by atoms with E-state index in [9.17, 15) is 10.1 Å². The zero-order valence-electron chi connectivity index (χ0n) is 12.5. The Morgan fingerprint density at radius 1 is 1.04 bits per heavy atom. The molecule has 0 atom stereocenters. The summed E-state index contributed by atoms with van der Waals surface area (Å²) in [5, 5.41) is 11.5. The summed E-state index contributed by atoms with van der Waals surface area (Å²) < 4.78 is 1.69. The molecule has 1 aromatic carbocycles. The van der Waals surface area contributed by atoms with E-state index in [4.69, 9.17) is 11.6 Å². The molecule has 3 aromatic rings. The van der Waals surface area contributed by atoms with Crippen LogP contribution in [0.4, 0.5) is 5.69 Å². The summed E-state index contributed by atoms with van der Waals surface area (Å²) in [6.07, 6.45) is 7.01. The summed E-state index contributed by atoms with van der Waals surface area (Å²) in [5.74, 6) is 0. The molecule has 130 valence electrons. The monoisotopic (exact) mass is 693 g/mol. The molecule has 0 amide bonds. The number of benzene rings is 1. The van der Waals surface area contributed by atoms with Crippen molar-refractivity contribution in [1.82, 2.24) is 4.98 Å². The average Bonchev–Trinajstić information content (AvgIpc) is 2.63. The van der Waals surface area contributed by atoms with Crippen molar-refractivity contribution in [3.05, 3.63) is 82.4 Å². The molecule has 0 saturated heterocycles. The van der Waals surface area contributed by atoms with Crippen molar-refractivity contribution >= 4 is 54.5 Å². The van der Waals surface area contributed by atoms with Crippen LogP contribution in [0, 0.1) is 10.1 Å². The second-order valence-corrected chi connectivity index (χ2v) is 21.4. The van der Waals surface area contributed by atoms with E-state index in [-0.39, 0.29) is 5.69 Å². The van der Waals surface area contributed by atoms with Gasteiger partial charge in [-0.2, -0.15) is 4.57 Å². The van der Waals surface area contributed by atoms with Gasteiger partial charge in [0.2, 0.25) is 0 Å². The first kappa shape index (κ1) is 20.7. The minimum Gasteiger partial charge on any atom is -0.265 e. The molecule has 0 spiro atoms. The van der Waals surface area contributed by atoms with Crippen LogP contribution in [-0.2, 0) is 0 Å². The maximum absolute atomic E-state index is 11.2. The number of hydrogen-bond donors (Lipinski definition) is 0. The number of hydrogen-bond acceptors (Lipinski definition) is 3. The molecule has 0 unspecified atom stereocenters. The quantitative estimate of drug-likeness (QED) is 0.184. The van der Waals surface area contributed by atoms with Gasteiger partial charge in [0.1, 0.15) is 0 Å². The Morgan fingerprint density at radius 2 is 1.60 bits per heavy atom. The van der Waals surface area contributed by atoms with Crippen LogP contribution in [-0.4, -0.2) is 9.91 Å². The summed E-state index contributed by atoms with van der Waals surface area (Å²) in [6, 6.07) is 12.2. The Balaban J connectivity index is 0.000000701. The third-order valence-corrected chi connectivity index (χ3v) is 3.49. The summed E-state index contributed by atoms with van der Waals surface area (Å²) in [6.45, 7) is 0. The normalized spacial score (nSPS) is 10.0. The molecule has 5 nitrogen and oxygen atoms in total.